The molecule has 1 aliphatic heterocycles. The van der Waals surface area contributed by atoms with Crippen LogP contribution >= 0.6 is 0 Å². The molecule has 2 nitrogen and oxygen atoms in total. The van der Waals surface area contributed by atoms with Crippen molar-refractivity contribution in [3.63, 3.8) is 0 Å². The summed E-state index contributed by atoms with van der Waals surface area (Å²) < 4.78 is 0. The highest BCUT2D eigenvalue weighted by Gasteiger charge is 2.33. The summed E-state index contributed by atoms with van der Waals surface area (Å²) in [5, 5.41) is 3.21. The molecule has 0 aromatic heterocycles. The standard InChI is InChI=1S/C15H25NO/c1-9-7-14(16-15(17)8-9)13-6-5-10(2)11(3)12(13)4/h9-10,13-14H,5-8H2,1-4H3,(H,16,17). The van der Waals surface area contributed by atoms with Crippen LogP contribution in [-0.4, -0.2) is 11.9 Å². The molecule has 1 aliphatic carbocycles. The summed E-state index contributed by atoms with van der Waals surface area (Å²) in [6.45, 7) is 9.04. The molecule has 0 bridgehead atoms. The zero-order valence-electron chi connectivity index (χ0n) is 11.5. The Bertz CT molecular complexity index is 345. The fourth-order valence-electron chi connectivity index (χ4n) is 3.47. The fourth-order valence-corrected chi connectivity index (χ4v) is 3.47. The number of rotatable bonds is 1. The van der Waals surface area contributed by atoms with E-state index in [9.17, 15) is 4.79 Å². The van der Waals surface area contributed by atoms with Crippen LogP contribution in [0.2, 0.25) is 0 Å². The van der Waals surface area contributed by atoms with Crippen LogP contribution in [0.3, 0.4) is 0 Å². The second-order valence-corrected chi connectivity index (χ2v) is 6.17. The van der Waals surface area contributed by atoms with E-state index in [0.29, 0.717) is 24.3 Å². The molecular formula is C15H25NO. The molecule has 96 valence electrons. The molecular weight excluding hydrogens is 210 g/mol. The highest BCUT2D eigenvalue weighted by atomic mass is 16.1. The zero-order chi connectivity index (χ0) is 12.6. The van der Waals surface area contributed by atoms with Gasteiger partial charge in [0.25, 0.3) is 0 Å². The molecule has 0 aromatic carbocycles. The number of piperidine rings is 1. The smallest absolute Gasteiger partial charge is 0.220 e. The predicted molar refractivity (Wildman–Crippen MR) is 70.6 cm³/mol. The van der Waals surface area contributed by atoms with E-state index < -0.39 is 0 Å². The topological polar surface area (TPSA) is 29.1 Å². The maximum Gasteiger partial charge on any atom is 0.220 e. The van der Waals surface area contributed by atoms with Crippen molar-refractivity contribution in [2.45, 2.75) is 59.4 Å². The minimum absolute atomic E-state index is 0.248. The van der Waals surface area contributed by atoms with Crippen molar-refractivity contribution in [1.82, 2.24) is 5.32 Å². The number of hydrogen-bond acceptors (Lipinski definition) is 1. The van der Waals surface area contributed by atoms with Gasteiger partial charge in [-0.3, -0.25) is 4.79 Å². The molecule has 1 N–H and O–H groups in total. The van der Waals surface area contributed by atoms with Gasteiger partial charge in [-0.05, 0) is 44.9 Å². The Labute approximate surface area is 105 Å². The number of amides is 1. The Balaban J connectivity index is 2.15. The third kappa shape index (κ3) is 2.56. The van der Waals surface area contributed by atoms with Gasteiger partial charge in [0.05, 0.1) is 0 Å². The molecule has 1 fully saturated rings. The van der Waals surface area contributed by atoms with Gasteiger partial charge < -0.3 is 5.32 Å². The first-order valence-electron chi connectivity index (χ1n) is 6.95. The maximum absolute atomic E-state index is 11.7. The summed E-state index contributed by atoms with van der Waals surface area (Å²) in [6, 6.07) is 0.383. The molecule has 0 spiro atoms. The van der Waals surface area contributed by atoms with E-state index >= 15 is 0 Å². The van der Waals surface area contributed by atoms with Crippen LogP contribution in [-0.2, 0) is 4.79 Å². The van der Waals surface area contributed by atoms with Crippen molar-refractivity contribution >= 4 is 5.91 Å². The monoisotopic (exact) mass is 235 g/mol. The van der Waals surface area contributed by atoms with Gasteiger partial charge >= 0.3 is 0 Å². The third-order valence-electron chi connectivity index (χ3n) is 4.85. The van der Waals surface area contributed by atoms with Crippen LogP contribution in [0.1, 0.15) is 53.4 Å². The number of carbonyl (C=O) groups excluding carboxylic acids is 1. The SMILES string of the molecule is CC1=C(C)C(C2CC(C)CC(=O)N2)CCC1C. The van der Waals surface area contributed by atoms with Gasteiger partial charge in [-0.1, -0.05) is 25.0 Å². The second-order valence-electron chi connectivity index (χ2n) is 6.17. The van der Waals surface area contributed by atoms with E-state index in [2.05, 4.69) is 33.0 Å². The Morgan fingerprint density at radius 1 is 1.12 bits per heavy atom. The van der Waals surface area contributed by atoms with Crippen molar-refractivity contribution in [1.29, 1.82) is 0 Å². The number of carbonyl (C=O) groups is 1. The van der Waals surface area contributed by atoms with Crippen molar-refractivity contribution in [2.75, 3.05) is 0 Å². The minimum atomic E-state index is 0.248. The summed E-state index contributed by atoms with van der Waals surface area (Å²) in [7, 11) is 0. The van der Waals surface area contributed by atoms with Crippen molar-refractivity contribution in [3.8, 4) is 0 Å². The summed E-state index contributed by atoms with van der Waals surface area (Å²) in [4.78, 5) is 11.7. The lowest BCUT2D eigenvalue weighted by molar-refractivity contribution is -0.125. The average Bonchev–Trinajstić information content (AvgIpc) is 2.24. The van der Waals surface area contributed by atoms with E-state index in [1.54, 1.807) is 5.57 Å². The van der Waals surface area contributed by atoms with Crippen LogP contribution in [0.5, 0.6) is 0 Å². The largest absolute Gasteiger partial charge is 0.353 e. The van der Waals surface area contributed by atoms with Gasteiger partial charge in [0.1, 0.15) is 0 Å². The molecule has 2 rings (SSSR count). The third-order valence-corrected chi connectivity index (χ3v) is 4.85. The van der Waals surface area contributed by atoms with Gasteiger partial charge in [0.15, 0.2) is 0 Å². The van der Waals surface area contributed by atoms with Gasteiger partial charge in [0, 0.05) is 18.4 Å². The normalized spacial score (nSPS) is 39.2. The van der Waals surface area contributed by atoms with E-state index in [1.165, 1.54) is 18.4 Å². The van der Waals surface area contributed by atoms with Crippen molar-refractivity contribution < 1.29 is 4.79 Å². The highest BCUT2D eigenvalue weighted by molar-refractivity contribution is 5.77. The Hall–Kier alpha value is -0.790. The molecule has 4 unspecified atom stereocenters. The predicted octanol–water partition coefficient (Wildman–Crippen LogP) is 3.28. The lowest BCUT2D eigenvalue weighted by Crippen LogP contribution is -2.47. The van der Waals surface area contributed by atoms with Crippen molar-refractivity contribution in [2.24, 2.45) is 17.8 Å². The molecule has 0 radical (unpaired) electrons. The van der Waals surface area contributed by atoms with Gasteiger partial charge in [-0.2, -0.15) is 0 Å². The number of nitrogens with one attached hydrogen (secondary N) is 1. The van der Waals surface area contributed by atoms with E-state index in [4.69, 9.17) is 0 Å². The lowest BCUT2D eigenvalue weighted by Gasteiger charge is -2.38. The quantitative estimate of drug-likeness (QED) is 0.694. The molecule has 17 heavy (non-hydrogen) atoms. The van der Waals surface area contributed by atoms with E-state index in [-0.39, 0.29) is 5.91 Å². The lowest BCUT2D eigenvalue weighted by atomic mass is 9.72. The summed E-state index contributed by atoms with van der Waals surface area (Å²) in [5.41, 5.74) is 3.08. The van der Waals surface area contributed by atoms with Gasteiger partial charge in [0.2, 0.25) is 5.91 Å². The Morgan fingerprint density at radius 3 is 2.47 bits per heavy atom. The second kappa shape index (κ2) is 4.83. The maximum atomic E-state index is 11.7. The Kier molecular flexibility index (Phi) is 3.60. The molecule has 2 heteroatoms. The van der Waals surface area contributed by atoms with Crippen LogP contribution in [0.15, 0.2) is 11.1 Å². The van der Waals surface area contributed by atoms with Crippen LogP contribution in [0.25, 0.3) is 0 Å². The minimum Gasteiger partial charge on any atom is -0.353 e. The molecule has 4 atom stereocenters. The number of allylic oxidation sites excluding steroid dienone is 1. The zero-order valence-corrected chi connectivity index (χ0v) is 11.5. The van der Waals surface area contributed by atoms with Crippen molar-refractivity contribution in [3.05, 3.63) is 11.1 Å². The first-order valence-corrected chi connectivity index (χ1v) is 6.95. The molecule has 1 heterocycles. The van der Waals surface area contributed by atoms with Crippen LogP contribution < -0.4 is 5.32 Å². The van der Waals surface area contributed by atoms with Crippen LogP contribution in [0, 0.1) is 17.8 Å². The van der Waals surface area contributed by atoms with E-state index in [1.807, 2.05) is 0 Å². The van der Waals surface area contributed by atoms with E-state index in [0.717, 1.165) is 12.3 Å². The Morgan fingerprint density at radius 2 is 1.82 bits per heavy atom. The first-order chi connectivity index (χ1) is 7.99. The molecule has 1 saturated heterocycles. The van der Waals surface area contributed by atoms with Crippen LogP contribution in [0.4, 0.5) is 0 Å². The molecule has 0 saturated carbocycles. The summed E-state index contributed by atoms with van der Waals surface area (Å²) in [5.74, 6) is 2.10. The molecule has 0 aromatic rings. The summed E-state index contributed by atoms with van der Waals surface area (Å²) >= 11 is 0. The average molecular weight is 235 g/mol. The molecule has 1 amide bonds. The first kappa shape index (κ1) is 12.7. The van der Waals surface area contributed by atoms with Gasteiger partial charge in [-0.25, -0.2) is 0 Å². The summed E-state index contributed by atoms with van der Waals surface area (Å²) in [6.07, 6.45) is 4.37. The van der Waals surface area contributed by atoms with Gasteiger partial charge in [-0.15, -0.1) is 0 Å². The highest BCUT2D eigenvalue weighted by Crippen LogP contribution is 2.38. The molecule has 2 aliphatic rings. The number of hydrogen-bond donors (Lipinski definition) is 1. The fraction of sp³-hybridized carbons (Fsp3) is 0.800.